The Bertz CT molecular complexity index is 191. The van der Waals surface area contributed by atoms with Crippen molar-refractivity contribution in [3.05, 3.63) is 22.1 Å². The minimum Gasteiger partial charge on any atom is -0.206 e. The molecular formula is C7H9FS. The van der Waals surface area contributed by atoms with E-state index in [9.17, 15) is 4.39 Å². The van der Waals surface area contributed by atoms with Gasteiger partial charge >= 0.3 is 0 Å². The summed E-state index contributed by atoms with van der Waals surface area (Å²) in [5.41, 5.74) is 0. The molecule has 0 spiro atoms. The normalized spacial score (nSPS) is 10.7. The third kappa shape index (κ3) is 1.30. The van der Waals surface area contributed by atoms with Crippen LogP contribution in [0.5, 0.6) is 0 Å². The van der Waals surface area contributed by atoms with Crippen molar-refractivity contribution in [2.45, 2.75) is 19.8 Å². The van der Waals surface area contributed by atoms with Crippen LogP contribution in [-0.2, 0) is 0 Å². The maximum absolute atomic E-state index is 12.6. The maximum Gasteiger partial charge on any atom is 0.137 e. The molecule has 0 bridgehead atoms. The highest BCUT2D eigenvalue weighted by Crippen LogP contribution is 2.23. The van der Waals surface area contributed by atoms with Crippen LogP contribution in [-0.4, -0.2) is 0 Å². The monoisotopic (exact) mass is 144 g/mol. The fraction of sp³-hybridized carbons (Fsp3) is 0.429. The molecule has 0 amide bonds. The van der Waals surface area contributed by atoms with Gasteiger partial charge in [-0.1, -0.05) is 13.8 Å². The fourth-order valence-electron chi connectivity index (χ4n) is 0.717. The van der Waals surface area contributed by atoms with Crippen molar-refractivity contribution in [2.24, 2.45) is 0 Å². The summed E-state index contributed by atoms with van der Waals surface area (Å²) in [6.07, 6.45) is 0. The summed E-state index contributed by atoms with van der Waals surface area (Å²) in [5, 5.41) is 1.78. The van der Waals surface area contributed by atoms with E-state index in [0.717, 1.165) is 4.88 Å². The predicted octanol–water partition coefficient (Wildman–Crippen LogP) is 3.01. The van der Waals surface area contributed by atoms with Crippen LogP contribution in [0.3, 0.4) is 0 Å². The van der Waals surface area contributed by atoms with Crippen LogP contribution in [0.1, 0.15) is 24.6 Å². The molecule has 9 heavy (non-hydrogen) atoms. The quantitative estimate of drug-likeness (QED) is 0.568. The Morgan fingerprint density at radius 3 is 2.44 bits per heavy atom. The van der Waals surface area contributed by atoms with Gasteiger partial charge in [-0.25, -0.2) is 4.39 Å². The minimum atomic E-state index is -0.0602. The summed E-state index contributed by atoms with van der Waals surface area (Å²) in [7, 11) is 0. The van der Waals surface area contributed by atoms with Crippen molar-refractivity contribution in [3.8, 4) is 0 Å². The molecule has 0 aliphatic rings. The van der Waals surface area contributed by atoms with Crippen molar-refractivity contribution in [1.29, 1.82) is 0 Å². The van der Waals surface area contributed by atoms with E-state index < -0.39 is 0 Å². The van der Waals surface area contributed by atoms with E-state index in [0.29, 0.717) is 5.92 Å². The van der Waals surface area contributed by atoms with Crippen LogP contribution in [0.15, 0.2) is 11.4 Å². The molecule has 0 saturated heterocycles. The molecule has 0 atom stereocenters. The number of halogens is 1. The molecule has 2 heteroatoms. The van der Waals surface area contributed by atoms with Crippen LogP contribution in [0.2, 0.25) is 0 Å². The van der Waals surface area contributed by atoms with E-state index >= 15 is 0 Å². The van der Waals surface area contributed by atoms with Gasteiger partial charge in [-0.2, -0.15) is 0 Å². The fourth-order valence-corrected chi connectivity index (χ4v) is 1.50. The van der Waals surface area contributed by atoms with Gasteiger partial charge in [-0.15, -0.1) is 11.3 Å². The van der Waals surface area contributed by atoms with Gasteiger partial charge in [-0.05, 0) is 17.4 Å². The molecule has 0 nitrogen and oxygen atoms in total. The highest BCUT2D eigenvalue weighted by atomic mass is 32.1. The highest BCUT2D eigenvalue weighted by Gasteiger charge is 2.05. The summed E-state index contributed by atoms with van der Waals surface area (Å²) in [6, 6.07) is 1.51. The smallest absolute Gasteiger partial charge is 0.137 e. The van der Waals surface area contributed by atoms with Crippen LogP contribution < -0.4 is 0 Å². The van der Waals surface area contributed by atoms with E-state index in [1.54, 1.807) is 5.38 Å². The Kier molecular flexibility index (Phi) is 1.86. The molecule has 0 saturated carbocycles. The Balaban J connectivity index is 2.94. The zero-order valence-electron chi connectivity index (χ0n) is 5.52. The number of rotatable bonds is 1. The average Bonchev–Trinajstić information content (AvgIpc) is 2.13. The summed E-state index contributed by atoms with van der Waals surface area (Å²) in [5.74, 6) is 0.264. The number of hydrogen-bond donors (Lipinski definition) is 0. The van der Waals surface area contributed by atoms with Crippen molar-refractivity contribution in [1.82, 2.24) is 0 Å². The minimum absolute atomic E-state index is 0.0602. The SMILES string of the molecule is CC(C)c1sccc1F. The second kappa shape index (κ2) is 2.48. The van der Waals surface area contributed by atoms with Crippen LogP contribution >= 0.6 is 11.3 Å². The van der Waals surface area contributed by atoms with Gasteiger partial charge in [-0.3, -0.25) is 0 Å². The van der Waals surface area contributed by atoms with Crippen molar-refractivity contribution >= 4 is 11.3 Å². The summed E-state index contributed by atoms with van der Waals surface area (Å²) in [6.45, 7) is 3.99. The first kappa shape index (κ1) is 6.75. The van der Waals surface area contributed by atoms with Gasteiger partial charge in [0.2, 0.25) is 0 Å². The van der Waals surface area contributed by atoms with Gasteiger partial charge in [0.1, 0.15) is 5.82 Å². The van der Waals surface area contributed by atoms with Gasteiger partial charge in [0, 0.05) is 4.88 Å². The van der Waals surface area contributed by atoms with E-state index in [1.165, 1.54) is 17.4 Å². The van der Waals surface area contributed by atoms with Crippen molar-refractivity contribution in [2.75, 3.05) is 0 Å². The van der Waals surface area contributed by atoms with Crippen LogP contribution in [0, 0.1) is 5.82 Å². The molecule has 0 radical (unpaired) electrons. The van der Waals surface area contributed by atoms with Crippen LogP contribution in [0.25, 0.3) is 0 Å². The molecule has 1 aromatic heterocycles. The molecule has 0 fully saturated rings. The first-order valence-electron chi connectivity index (χ1n) is 2.94. The molecule has 0 N–H and O–H groups in total. The summed E-state index contributed by atoms with van der Waals surface area (Å²) in [4.78, 5) is 0.856. The first-order chi connectivity index (χ1) is 4.22. The Morgan fingerprint density at radius 1 is 1.56 bits per heavy atom. The topological polar surface area (TPSA) is 0 Å². The highest BCUT2D eigenvalue weighted by molar-refractivity contribution is 7.10. The largest absolute Gasteiger partial charge is 0.206 e. The molecular weight excluding hydrogens is 135 g/mol. The summed E-state index contributed by atoms with van der Waals surface area (Å²) < 4.78 is 12.6. The van der Waals surface area contributed by atoms with Gasteiger partial charge in [0.05, 0.1) is 0 Å². The average molecular weight is 144 g/mol. The van der Waals surface area contributed by atoms with Gasteiger partial charge < -0.3 is 0 Å². The second-order valence-corrected chi connectivity index (χ2v) is 3.24. The third-order valence-corrected chi connectivity index (χ3v) is 2.36. The molecule has 1 heterocycles. The maximum atomic E-state index is 12.6. The van der Waals surface area contributed by atoms with E-state index in [4.69, 9.17) is 0 Å². The van der Waals surface area contributed by atoms with Crippen molar-refractivity contribution < 1.29 is 4.39 Å². The summed E-state index contributed by atoms with van der Waals surface area (Å²) >= 11 is 1.48. The van der Waals surface area contributed by atoms with Gasteiger partial charge in [0.15, 0.2) is 0 Å². The van der Waals surface area contributed by atoms with E-state index in [1.807, 2.05) is 13.8 Å². The Hall–Kier alpha value is -0.370. The molecule has 0 aliphatic heterocycles. The molecule has 1 aromatic rings. The Labute approximate surface area is 58.3 Å². The van der Waals surface area contributed by atoms with Crippen molar-refractivity contribution in [3.63, 3.8) is 0 Å². The number of thiophene rings is 1. The van der Waals surface area contributed by atoms with Crippen LogP contribution in [0.4, 0.5) is 4.39 Å². The van der Waals surface area contributed by atoms with Gasteiger partial charge in [0.25, 0.3) is 0 Å². The predicted molar refractivity (Wildman–Crippen MR) is 38.4 cm³/mol. The molecule has 1 rings (SSSR count). The molecule has 0 aliphatic carbocycles. The third-order valence-electron chi connectivity index (χ3n) is 1.17. The standard InChI is InChI=1S/C7H9FS/c1-5(2)7-6(8)3-4-9-7/h3-5H,1-2H3. The zero-order chi connectivity index (χ0) is 6.85. The lowest BCUT2D eigenvalue weighted by molar-refractivity contribution is 0.609. The molecule has 0 aromatic carbocycles. The Morgan fingerprint density at radius 2 is 2.22 bits per heavy atom. The zero-order valence-corrected chi connectivity index (χ0v) is 6.33. The first-order valence-corrected chi connectivity index (χ1v) is 3.82. The van der Waals surface area contributed by atoms with E-state index in [-0.39, 0.29) is 5.82 Å². The van der Waals surface area contributed by atoms with E-state index in [2.05, 4.69) is 0 Å². The molecule has 50 valence electrons. The lowest BCUT2D eigenvalue weighted by Crippen LogP contribution is -1.83. The second-order valence-electron chi connectivity index (χ2n) is 2.29. The lowest BCUT2D eigenvalue weighted by Gasteiger charge is -1.97. The molecule has 0 unspecified atom stereocenters. The number of hydrogen-bond acceptors (Lipinski definition) is 1. The lowest BCUT2D eigenvalue weighted by atomic mass is 10.2.